The number of anilines is 3. The number of nitrogens with two attached hydrogens (primary N) is 2. The van der Waals surface area contributed by atoms with Gasteiger partial charge in [0, 0.05) is 18.3 Å². The van der Waals surface area contributed by atoms with Gasteiger partial charge in [0.15, 0.2) is 0 Å². The van der Waals surface area contributed by atoms with Gasteiger partial charge >= 0.3 is 0 Å². The number of benzene rings is 2. The molecular weight excluding hydrogens is 226 g/mol. The van der Waals surface area contributed by atoms with E-state index in [-0.39, 0.29) is 0 Å². The van der Waals surface area contributed by atoms with E-state index in [1.165, 1.54) is 0 Å². The van der Waals surface area contributed by atoms with E-state index in [0.29, 0.717) is 12.2 Å². The quantitative estimate of drug-likeness (QED) is 0.721. The lowest BCUT2D eigenvalue weighted by molar-refractivity contribution is 0.415. The summed E-state index contributed by atoms with van der Waals surface area (Å²) < 4.78 is 5.10. The van der Waals surface area contributed by atoms with Gasteiger partial charge in [0.05, 0.1) is 18.5 Å². The molecule has 0 fully saturated rings. The average Bonchev–Trinajstić information content (AvgIpc) is 2.39. The third-order valence-corrected chi connectivity index (χ3v) is 2.72. The fraction of sp³-hybridized carbons (Fsp3) is 0.143. The fourth-order valence-electron chi connectivity index (χ4n) is 1.66. The maximum atomic E-state index is 5.92. The molecule has 2 rings (SSSR count). The molecule has 4 heteroatoms. The van der Waals surface area contributed by atoms with E-state index < -0.39 is 0 Å². The van der Waals surface area contributed by atoms with Crippen LogP contribution in [0.2, 0.25) is 0 Å². The van der Waals surface area contributed by atoms with E-state index >= 15 is 0 Å². The number of rotatable bonds is 4. The maximum Gasteiger partial charge on any atom is 0.121 e. The third kappa shape index (κ3) is 2.85. The summed E-state index contributed by atoms with van der Waals surface area (Å²) in [4.78, 5) is 0. The molecular formula is C14H17N3O. The van der Waals surface area contributed by atoms with Crippen LogP contribution in [0, 0.1) is 0 Å². The van der Waals surface area contributed by atoms with Crippen molar-refractivity contribution in [3.63, 3.8) is 0 Å². The highest BCUT2D eigenvalue weighted by Gasteiger charge is 2.01. The van der Waals surface area contributed by atoms with Crippen molar-refractivity contribution < 1.29 is 4.74 Å². The molecule has 0 bridgehead atoms. The Hall–Kier alpha value is -2.36. The number of nitrogens with one attached hydrogen (secondary N) is 1. The molecule has 0 aromatic heterocycles. The van der Waals surface area contributed by atoms with Crippen LogP contribution in [0.1, 0.15) is 5.56 Å². The second-order valence-corrected chi connectivity index (χ2v) is 4.05. The second kappa shape index (κ2) is 5.31. The Labute approximate surface area is 107 Å². The zero-order chi connectivity index (χ0) is 13.0. The van der Waals surface area contributed by atoms with Crippen LogP contribution in [0.3, 0.4) is 0 Å². The predicted molar refractivity (Wildman–Crippen MR) is 75.6 cm³/mol. The van der Waals surface area contributed by atoms with Gasteiger partial charge in [0.2, 0.25) is 0 Å². The van der Waals surface area contributed by atoms with E-state index in [1.807, 2.05) is 36.4 Å². The molecule has 5 N–H and O–H groups in total. The molecule has 0 amide bonds. The maximum absolute atomic E-state index is 5.92. The summed E-state index contributed by atoms with van der Waals surface area (Å²) in [6.07, 6.45) is 0. The predicted octanol–water partition coefficient (Wildman–Crippen LogP) is 2.47. The number of hydrogen-bond acceptors (Lipinski definition) is 4. The van der Waals surface area contributed by atoms with E-state index in [0.717, 1.165) is 22.7 Å². The number of nitrogen functional groups attached to an aromatic ring is 2. The summed E-state index contributed by atoms with van der Waals surface area (Å²) in [7, 11) is 1.62. The van der Waals surface area contributed by atoms with Gasteiger partial charge in [0.25, 0.3) is 0 Å². The van der Waals surface area contributed by atoms with Crippen molar-refractivity contribution in [1.82, 2.24) is 0 Å². The van der Waals surface area contributed by atoms with Crippen LogP contribution < -0.4 is 21.5 Å². The summed E-state index contributed by atoms with van der Waals surface area (Å²) in [5.74, 6) is 0.755. The van der Waals surface area contributed by atoms with Gasteiger partial charge in [-0.1, -0.05) is 12.1 Å². The molecule has 4 nitrogen and oxygen atoms in total. The summed E-state index contributed by atoms with van der Waals surface area (Å²) in [6, 6.07) is 13.3. The van der Waals surface area contributed by atoms with Crippen LogP contribution in [0.25, 0.3) is 0 Å². The topological polar surface area (TPSA) is 73.3 Å². The molecule has 0 atom stereocenters. The minimum absolute atomic E-state index is 0.671. The first-order valence-corrected chi connectivity index (χ1v) is 5.71. The van der Waals surface area contributed by atoms with Gasteiger partial charge < -0.3 is 21.5 Å². The van der Waals surface area contributed by atoms with Crippen LogP contribution in [0.15, 0.2) is 42.5 Å². The Morgan fingerprint density at radius 3 is 2.39 bits per heavy atom. The molecule has 2 aromatic rings. The first kappa shape index (κ1) is 12.1. The molecule has 0 radical (unpaired) electrons. The van der Waals surface area contributed by atoms with Crippen molar-refractivity contribution >= 4 is 17.1 Å². The average molecular weight is 243 g/mol. The minimum Gasteiger partial charge on any atom is -0.497 e. The Morgan fingerprint density at radius 2 is 1.78 bits per heavy atom. The fourth-order valence-corrected chi connectivity index (χ4v) is 1.66. The zero-order valence-corrected chi connectivity index (χ0v) is 10.3. The highest BCUT2D eigenvalue weighted by atomic mass is 16.5. The first-order valence-electron chi connectivity index (χ1n) is 5.71. The summed E-state index contributed by atoms with van der Waals surface area (Å²) >= 11 is 0. The highest BCUT2D eigenvalue weighted by molar-refractivity contribution is 5.68. The molecule has 0 aliphatic rings. The summed E-state index contributed by atoms with van der Waals surface area (Å²) in [5.41, 5.74) is 15.0. The van der Waals surface area contributed by atoms with Gasteiger partial charge in [0.1, 0.15) is 5.75 Å². The molecule has 0 saturated carbocycles. The molecule has 0 aliphatic carbocycles. The van der Waals surface area contributed by atoms with E-state index in [2.05, 4.69) is 5.32 Å². The number of methoxy groups -OCH3 is 1. The molecule has 94 valence electrons. The van der Waals surface area contributed by atoms with Gasteiger partial charge in [-0.15, -0.1) is 0 Å². The standard InChI is InChI=1S/C14H17N3O/c1-18-12-6-7-14(13(16)8-12)17-9-10-2-4-11(15)5-3-10/h2-8,17H,9,15-16H2,1H3. The lowest BCUT2D eigenvalue weighted by atomic mass is 10.2. The zero-order valence-electron chi connectivity index (χ0n) is 10.3. The smallest absolute Gasteiger partial charge is 0.121 e. The van der Waals surface area contributed by atoms with Gasteiger partial charge in [-0.3, -0.25) is 0 Å². The van der Waals surface area contributed by atoms with E-state index in [1.54, 1.807) is 13.2 Å². The van der Waals surface area contributed by atoms with E-state index in [4.69, 9.17) is 16.2 Å². The number of ether oxygens (including phenoxy) is 1. The van der Waals surface area contributed by atoms with Crippen LogP contribution in [0.5, 0.6) is 5.75 Å². The van der Waals surface area contributed by atoms with Gasteiger partial charge in [-0.2, -0.15) is 0 Å². The normalized spacial score (nSPS) is 10.1. The van der Waals surface area contributed by atoms with Gasteiger partial charge in [-0.25, -0.2) is 0 Å². The van der Waals surface area contributed by atoms with Crippen molar-refractivity contribution in [1.29, 1.82) is 0 Å². The van der Waals surface area contributed by atoms with Gasteiger partial charge in [-0.05, 0) is 29.8 Å². The van der Waals surface area contributed by atoms with Crippen molar-refractivity contribution in [3.8, 4) is 5.75 Å². The Kier molecular flexibility index (Phi) is 3.57. The SMILES string of the molecule is COc1ccc(NCc2ccc(N)cc2)c(N)c1. The molecule has 18 heavy (non-hydrogen) atoms. The van der Waals surface area contributed by atoms with Crippen LogP contribution >= 0.6 is 0 Å². The van der Waals surface area contributed by atoms with Crippen LogP contribution in [-0.2, 0) is 6.54 Å². The minimum atomic E-state index is 0.671. The third-order valence-electron chi connectivity index (χ3n) is 2.72. The molecule has 0 saturated heterocycles. The summed E-state index contributed by atoms with van der Waals surface area (Å²) in [5, 5.41) is 3.28. The molecule has 0 aliphatic heterocycles. The largest absolute Gasteiger partial charge is 0.497 e. The van der Waals surface area contributed by atoms with Crippen LogP contribution in [0.4, 0.5) is 17.1 Å². The molecule has 0 unspecified atom stereocenters. The Morgan fingerprint density at radius 1 is 1.06 bits per heavy atom. The van der Waals surface area contributed by atoms with Crippen molar-refractivity contribution in [2.24, 2.45) is 0 Å². The second-order valence-electron chi connectivity index (χ2n) is 4.05. The van der Waals surface area contributed by atoms with Crippen molar-refractivity contribution in [3.05, 3.63) is 48.0 Å². The lowest BCUT2D eigenvalue weighted by Gasteiger charge is -2.10. The molecule has 0 heterocycles. The number of hydrogen-bond donors (Lipinski definition) is 3. The monoisotopic (exact) mass is 243 g/mol. The molecule has 0 spiro atoms. The first-order chi connectivity index (χ1) is 8.69. The van der Waals surface area contributed by atoms with Crippen molar-refractivity contribution in [2.45, 2.75) is 6.54 Å². The Balaban J connectivity index is 2.04. The van der Waals surface area contributed by atoms with Crippen molar-refractivity contribution in [2.75, 3.05) is 23.9 Å². The van der Waals surface area contributed by atoms with Crippen LogP contribution in [-0.4, -0.2) is 7.11 Å². The Bertz CT molecular complexity index is 523. The summed E-state index contributed by atoms with van der Waals surface area (Å²) in [6.45, 7) is 0.705. The van der Waals surface area contributed by atoms with E-state index in [9.17, 15) is 0 Å². The molecule has 2 aromatic carbocycles. The lowest BCUT2D eigenvalue weighted by Crippen LogP contribution is -2.02. The highest BCUT2D eigenvalue weighted by Crippen LogP contribution is 2.24.